The molecule has 0 aliphatic carbocycles. The van der Waals surface area contributed by atoms with Crippen LogP contribution >= 0.6 is 15.6 Å². The van der Waals surface area contributed by atoms with Gasteiger partial charge in [0.1, 0.15) is 6.10 Å². The molecule has 0 aromatic carbocycles. The Morgan fingerprint density at radius 2 is 2.12 bits per heavy atom. The number of aromatic nitrogens is 3. The lowest BCUT2D eigenvalue weighted by molar-refractivity contribution is -0.0523. The first kappa shape index (κ1) is 19.1. The van der Waals surface area contributed by atoms with Crippen molar-refractivity contribution in [3.05, 3.63) is 11.9 Å². The summed E-state index contributed by atoms with van der Waals surface area (Å²) in [5.41, 5.74) is 4.90. The van der Waals surface area contributed by atoms with Crippen LogP contribution in [0.5, 0.6) is 0 Å². The Morgan fingerprint density at radius 1 is 1.46 bits per heavy atom. The fourth-order valence-electron chi connectivity index (χ4n) is 1.86. The molecule has 2 heterocycles. The van der Waals surface area contributed by atoms with Crippen molar-refractivity contribution in [1.82, 2.24) is 15.0 Å². The van der Waals surface area contributed by atoms with Gasteiger partial charge in [-0.1, -0.05) is 0 Å². The first-order chi connectivity index (χ1) is 11.0. The van der Waals surface area contributed by atoms with Crippen molar-refractivity contribution in [3.63, 3.8) is 0 Å². The molecule has 136 valence electrons. The van der Waals surface area contributed by atoms with Gasteiger partial charge in [0.2, 0.25) is 0 Å². The Labute approximate surface area is 134 Å². The molecule has 1 aliphatic rings. The van der Waals surface area contributed by atoms with Gasteiger partial charge in [0.15, 0.2) is 11.9 Å². The predicted octanol–water partition coefficient (Wildman–Crippen LogP) is -1.75. The lowest BCUT2D eigenvalue weighted by Crippen LogP contribution is -2.26. The lowest BCUT2D eigenvalue weighted by atomic mass is 10.2. The van der Waals surface area contributed by atoms with Gasteiger partial charge in [0, 0.05) is 6.42 Å². The lowest BCUT2D eigenvalue weighted by Gasteiger charge is -2.17. The number of ether oxygens (including phenoxy) is 1. The maximum absolute atomic E-state index is 11.3. The number of hydrogen-bond donors (Lipinski definition) is 5. The summed E-state index contributed by atoms with van der Waals surface area (Å²) in [5.74, 6) is -0.810. The molecule has 1 aliphatic heterocycles. The molecule has 0 spiro atoms. The summed E-state index contributed by atoms with van der Waals surface area (Å²) in [6.07, 6.45) is -2.12. The van der Waals surface area contributed by atoms with Crippen LogP contribution in [-0.2, 0) is 22.7 Å². The zero-order valence-electron chi connectivity index (χ0n) is 11.8. The minimum Gasteiger partial charge on any atom is -0.390 e. The Bertz CT molecular complexity index is 703. The second-order valence-corrected chi connectivity index (χ2v) is 7.51. The number of nitrogens with two attached hydrogens (primary N) is 1. The minimum atomic E-state index is -5.24. The molecule has 2 rings (SSSR count). The smallest absolute Gasteiger partial charge is 0.390 e. The van der Waals surface area contributed by atoms with Crippen LogP contribution < -0.4 is 5.73 Å². The zero-order valence-corrected chi connectivity index (χ0v) is 13.6. The van der Waals surface area contributed by atoms with Gasteiger partial charge in [-0.15, -0.1) is 5.10 Å². The van der Waals surface area contributed by atoms with Gasteiger partial charge in [-0.2, -0.15) is 14.2 Å². The fraction of sp³-hybridized carbons (Fsp3) is 0.625. The van der Waals surface area contributed by atoms with Crippen molar-refractivity contribution in [2.75, 3.05) is 6.61 Å². The van der Waals surface area contributed by atoms with E-state index in [1.165, 1.54) is 0 Å². The van der Waals surface area contributed by atoms with Crippen LogP contribution in [-0.4, -0.2) is 59.5 Å². The minimum absolute atomic E-state index is 0.0318. The molecule has 1 amide bonds. The average molecular weight is 388 g/mol. The SMILES string of the molecule is NC(=O)c1cnn([C@H]2C[C@H](O)[C@@H](COP(=O)(O)OP(=O)(O)O)O2)n1. The van der Waals surface area contributed by atoms with Gasteiger partial charge in [0.25, 0.3) is 5.91 Å². The van der Waals surface area contributed by atoms with Crippen LogP contribution in [0, 0.1) is 0 Å². The van der Waals surface area contributed by atoms with Gasteiger partial charge in [-0.05, 0) is 0 Å². The van der Waals surface area contributed by atoms with Crippen LogP contribution in [0.3, 0.4) is 0 Å². The first-order valence-electron chi connectivity index (χ1n) is 6.26. The highest BCUT2D eigenvalue weighted by Crippen LogP contribution is 2.57. The number of phosphoric acid groups is 2. The van der Waals surface area contributed by atoms with Crippen LogP contribution in [0.1, 0.15) is 23.1 Å². The molecule has 1 aromatic heterocycles. The van der Waals surface area contributed by atoms with Crippen molar-refractivity contribution in [2.45, 2.75) is 24.9 Å². The first-order valence-corrected chi connectivity index (χ1v) is 9.29. The molecular weight excluding hydrogens is 374 g/mol. The van der Waals surface area contributed by atoms with E-state index >= 15 is 0 Å². The van der Waals surface area contributed by atoms with E-state index in [2.05, 4.69) is 19.0 Å². The summed E-state index contributed by atoms with van der Waals surface area (Å²) >= 11 is 0. The number of carbonyl (C=O) groups is 1. The molecule has 4 atom stereocenters. The van der Waals surface area contributed by atoms with Gasteiger partial charge in [-0.3, -0.25) is 9.32 Å². The summed E-state index contributed by atoms with van der Waals surface area (Å²) in [7, 11) is -10.3. The summed E-state index contributed by atoms with van der Waals surface area (Å²) < 4.78 is 35.1. The summed E-state index contributed by atoms with van der Waals surface area (Å²) in [6, 6.07) is 0. The largest absolute Gasteiger partial charge is 0.481 e. The fourth-order valence-corrected chi connectivity index (χ4v) is 3.46. The molecule has 0 bridgehead atoms. The number of primary amides is 1. The second-order valence-electron chi connectivity index (χ2n) is 4.68. The molecule has 1 fully saturated rings. The highest BCUT2D eigenvalue weighted by Gasteiger charge is 2.39. The predicted molar refractivity (Wildman–Crippen MR) is 72.0 cm³/mol. The number of rotatable bonds is 7. The van der Waals surface area contributed by atoms with E-state index in [4.69, 9.17) is 25.2 Å². The van der Waals surface area contributed by atoms with Gasteiger partial charge in [-0.25, -0.2) is 9.13 Å². The highest BCUT2D eigenvalue weighted by atomic mass is 31.3. The molecule has 1 aromatic rings. The number of carbonyl (C=O) groups excluding carboxylic acids is 1. The van der Waals surface area contributed by atoms with E-state index in [-0.39, 0.29) is 12.1 Å². The normalized spacial score (nSPS) is 27.1. The number of aliphatic hydroxyl groups is 1. The number of phosphoric ester groups is 1. The molecule has 1 unspecified atom stereocenters. The number of hydrogen-bond acceptors (Lipinski definition) is 9. The Hall–Kier alpha value is -1.21. The van der Waals surface area contributed by atoms with Crippen LogP contribution in [0.15, 0.2) is 6.20 Å². The van der Waals surface area contributed by atoms with Crippen molar-refractivity contribution >= 4 is 21.6 Å². The van der Waals surface area contributed by atoms with E-state index in [1.54, 1.807) is 0 Å². The Morgan fingerprint density at radius 3 is 2.67 bits per heavy atom. The van der Waals surface area contributed by atoms with Gasteiger partial charge in [0.05, 0.1) is 18.9 Å². The standard InChI is InChI=1S/C8H14N4O10P2/c9-8(14)4-2-10-12(11-4)7-1-5(13)6(21-7)3-20-24(18,19)22-23(15,16)17/h2,5-7,13H,1,3H2,(H2,9,14)(H,18,19)(H2,15,16,17)/t5-,6+,7+/m0/s1. The molecule has 24 heavy (non-hydrogen) atoms. The van der Waals surface area contributed by atoms with Crippen molar-refractivity contribution < 1.29 is 47.3 Å². The number of aliphatic hydroxyl groups excluding tert-OH is 1. The van der Waals surface area contributed by atoms with E-state index in [9.17, 15) is 19.0 Å². The molecular formula is C8H14N4O10P2. The summed E-state index contributed by atoms with van der Waals surface area (Å²) in [6.45, 7) is -0.699. The Kier molecular flexibility index (Phi) is 5.54. The maximum atomic E-state index is 11.3. The average Bonchev–Trinajstić information content (AvgIpc) is 3.00. The van der Waals surface area contributed by atoms with E-state index in [0.29, 0.717) is 0 Å². The zero-order chi connectivity index (χ0) is 18.1. The third-order valence-corrected chi connectivity index (χ3v) is 4.99. The molecule has 6 N–H and O–H groups in total. The quantitative estimate of drug-likeness (QED) is 0.329. The van der Waals surface area contributed by atoms with Gasteiger partial charge < -0.3 is 30.3 Å². The van der Waals surface area contributed by atoms with Crippen molar-refractivity contribution in [3.8, 4) is 0 Å². The van der Waals surface area contributed by atoms with Crippen molar-refractivity contribution in [1.29, 1.82) is 0 Å². The third-order valence-electron chi connectivity index (χ3n) is 2.83. The molecule has 0 radical (unpaired) electrons. The maximum Gasteiger partial charge on any atom is 0.481 e. The second kappa shape index (κ2) is 6.96. The third kappa shape index (κ3) is 5.14. The van der Waals surface area contributed by atoms with Crippen molar-refractivity contribution in [2.24, 2.45) is 5.73 Å². The molecule has 0 saturated carbocycles. The van der Waals surface area contributed by atoms with Crippen LogP contribution in [0.2, 0.25) is 0 Å². The van der Waals surface area contributed by atoms with E-state index < -0.39 is 46.6 Å². The monoisotopic (exact) mass is 388 g/mol. The molecule has 1 saturated heterocycles. The Balaban J connectivity index is 1.95. The topological polar surface area (TPSA) is 217 Å². The molecule has 14 nitrogen and oxygen atoms in total. The summed E-state index contributed by atoms with van der Waals surface area (Å²) in [5, 5.41) is 17.3. The van der Waals surface area contributed by atoms with Crippen LogP contribution in [0.25, 0.3) is 0 Å². The number of amides is 1. The number of nitrogens with zero attached hydrogens (tertiary/aromatic N) is 3. The van der Waals surface area contributed by atoms with Crippen LogP contribution in [0.4, 0.5) is 0 Å². The van der Waals surface area contributed by atoms with Gasteiger partial charge >= 0.3 is 15.6 Å². The highest BCUT2D eigenvalue weighted by molar-refractivity contribution is 7.60. The van der Waals surface area contributed by atoms with E-state index in [0.717, 1.165) is 11.0 Å². The summed E-state index contributed by atoms with van der Waals surface area (Å²) in [4.78, 5) is 38.0. The van der Waals surface area contributed by atoms with E-state index in [1.807, 2.05) is 0 Å². The molecule has 16 heteroatoms.